The van der Waals surface area contributed by atoms with E-state index in [1.807, 2.05) is 24.3 Å². The summed E-state index contributed by atoms with van der Waals surface area (Å²) < 4.78 is 0. The van der Waals surface area contributed by atoms with Gasteiger partial charge in [0, 0.05) is 24.2 Å². The molecule has 0 saturated carbocycles. The Morgan fingerprint density at radius 3 is 2.43 bits per heavy atom. The first kappa shape index (κ1) is 18.7. The van der Waals surface area contributed by atoms with Gasteiger partial charge in [-0.1, -0.05) is 25.1 Å². The van der Waals surface area contributed by atoms with Gasteiger partial charge in [-0.15, -0.1) is 0 Å². The molecule has 2 amide bonds. The normalized spacial score (nSPS) is 17.3. The summed E-state index contributed by atoms with van der Waals surface area (Å²) in [7, 11) is 0. The molecule has 0 spiro atoms. The lowest BCUT2D eigenvalue weighted by molar-refractivity contribution is -0.117. The van der Waals surface area contributed by atoms with E-state index >= 15 is 0 Å². The largest absolute Gasteiger partial charge is 0.345 e. The third kappa shape index (κ3) is 3.82. The van der Waals surface area contributed by atoms with Gasteiger partial charge in [0.1, 0.15) is 0 Å². The lowest BCUT2D eigenvalue weighted by Gasteiger charge is -2.22. The third-order valence-corrected chi connectivity index (χ3v) is 6.00. The van der Waals surface area contributed by atoms with Gasteiger partial charge in [0.05, 0.1) is 6.04 Å². The van der Waals surface area contributed by atoms with Crippen LogP contribution in [0.4, 0.5) is 5.69 Å². The highest BCUT2D eigenvalue weighted by Gasteiger charge is 2.22. The summed E-state index contributed by atoms with van der Waals surface area (Å²) in [5.74, 6) is 0.0968. The molecular formula is C24H28N2O2. The quantitative estimate of drug-likeness (QED) is 0.831. The van der Waals surface area contributed by atoms with Crippen LogP contribution in [-0.2, 0) is 17.6 Å². The molecule has 1 saturated heterocycles. The highest BCUT2D eigenvalue weighted by Crippen LogP contribution is 2.27. The highest BCUT2D eigenvalue weighted by atomic mass is 16.2. The second-order valence-corrected chi connectivity index (χ2v) is 7.87. The van der Waals surface area contributed by atoms with Crippen molar-refractivity contribution in [3.63, 3.8) is 0 Å². The van der Waals surface area contributed by atoms with Crippen molar-refractivity contribution in [1.82, 2.24) is 5.32 Å². The molecule has 0 radical (unpaired) electrons. The van der Waals surface area contributed by atoms with E-state index < -0.39 is 0 Å². The predicted octanol–water partition coefficient (Wildman–Crippen LogP) is 4.57. The van der Waals surface area contributed by atoms with E-state index in [9.17, 15) is 9.59 Å². The van der Waals surface area contributed by atoms with E-state index in [2.05, 4.69) is 30.4 Å². The van der Waals surface area contributed by atoms with Gasteiger partial charge in [0.15, 0.2) is 0 Å². The number of nitrogens with zero attached hydrogens (tertiary/aromatic N) is 1. The first-order chi connectivity index (χ1) is 13.7. The molecular weight excluding hydrogens is 348 g/mol. The standard InChI is InChI=1S/C24H28N2O2/c1-2-22(20-10-9-17-6-3-4-7-19(17)16-20)25-24(28)18-11-13-21(14-12-18)26-15-5-8-23(26)27/h9-14,16,22H,2-8,15H2,1H3,(H,25,28). The molecule has 2 aromatic carbocycles. The number of benzene rings is 2. The minimum Gasteiger partial charge on any atom is -0.345 e. The third-order valence-electron chi connectivity index (χ3n) is 6.00. The molecule has 1 atom stereocenters. The Morgan fingerprint density at radius 1 is 1.00 bits per heavy atom. The molecule has 146 valence electrons. The monoisotopic (exact) mass is 376 g/mol. The van der Waals surface area contributed by atoms with Crippen molar-refractivity contribution in [2.45, 2.75) is 57.9 Å². The van der Waals surface area contributed by atoms with Gasteiger partial charge in [-0.3, -0.25) is 9.59 Å². The van der Waals surface area contributed by atoms with Crippen molar-refractivity contribution >= 4 is 17.5 Å². The van der Waals surface area contributed by atoms with Gasteiger partial charge in [0.25, 0.3) is 5.91 Å². The molecule has 0 aromatic heterocycles. The first-order valence-electron chi connectivity index (χ1n) is 10.5. The van der Waals surface area contributed by atoms with Crippen molar-refractivity contribution in [2.75, 3.05) is 11.4 Å². The van der Waals surface area contributed by atoms with Crippen LogP contribution in [0.25, 0.3) is 0 Å². The Bertz CT molecular complexity index is 873. The molecule has 4 heteroatoms. The smallest absolute Gasteiger partial charge is 0.251 e. The summed E-state index contributed by atoms with van der Waals surface area (Å²) in [4.78, 5) is 26.5. The van der Waals surface area contributed by atoms with Crippen LogP contribution in [-0.4, -0.2) is 18.4 Å². The molecule has 4 rings (SSSR count). The Labute approximate surface area is 166 Å². The van der Waals surface area contributed by atoms with Crippen molar-refractivity contribution in [2.24, 2.45) is 0 Å². The number of hydrogen-bond acceptors (Lipinski definition) is 2. The second kappa shape index (κ2) is 8.17. The van der Waals surface area contributed by atoms with Gasteiger partial charge >= 0.3 is 0 Å². The molecule has 1 aliphatic heterocycles. The van der Waals surface area contributed by atoms with Gasteiger partial charge in [-0.25, -0.2) is 0 Å². The number of fused-ring (bicyclic) bond motifs is 1. The highest BCUT2D eigenvalue weighted by molar-refractivity contribution is 5.97. The number of amides is 2. The zero-order chi connectivity index (χ0) is 19.5. The molecule has 2 aromatic rings. The fraction of sp³-hybridized carbons (Fsp3) is 0.417. The SMILES string of the molecule is CCC(NC(=O)c1ccc(N2CCCC2=O)cc1)c1ccc2c(c1)CCCC2. The molecule has 1 fully saturated rings. The van der Waals surface area contributed by atoms with Crippen LogP contribution in [0.15, 0.2) is 42.5 Å². The number of carbonyl (C=O) groups excluding carboxylic acids is 2. The topological polar surface area (TPSA) is 49.4 Å². The van der Waals surface area contributed by atoms with Gasteiger partial charge in [-0.2, -0.15) is 0 Å². The van der Waals surface area contributed by atoms with E-state index in [4.69, 9.17) is 0 Å². The molecule has 2 aliphatic rings. The zero-order valence-electron chi connectivity index (χ0n) is 16.5. The fourth-order valence-electron chi connectivity index (χ4n) is 4.35. The van der Waals surface area contributed by atoms with E-state index in [1.54, 1.807) is 4.90 Å². The van der Waals surface area contributed by atoms with E-state index in [0.717, 1.165) is 31.5 Å². The first-order valence-corrected chi connectivity index (χ1v) is 10.5. The molecule has 1 unspecified atom stereocenters. The van der Waals surface area contributed by atoms with Gasteiger partial charge in [0.2, 0.25) is 5.91 Å². The van der Waals surface area contributed by atoms with Crippen LogP contribution in [0.5, 0.6) is 0 Å². The van der Waals surface area contributed by atoms with Crippen LogP contribution >= 0.6 is 0 Å². The Morgan fingerprint density at radius 2 is 1.75 bits per heavy atom. The number of aryl methyl sites for hydroxylation is 2. The fourth-order valence-corrected chi connectivity index (χ4v) is 4.35. The molecule has 0 bridgehead atoms. The molecule has 4 nitrogen and oxygen atoms in total. The second-order valence-electron chi connectivity index (χ2n) is 7.87. The van der Waals surface area contributed by atoms with Crippen LogP contribution < -0.4 is 10.2 Å². The number of hydrogen-bond donors (Lipinski definition) is 1. The van der Waals surface area contributed by atoms with Crippen LogP contribution in [0.1, 0.15) is 72.1 Å². The van der Waals surface area contributed by atoms with Gasteiger partial charge < -0.3 is 10.2 Å². The van der Waals surface area contributed by atoms with Crippen molar-refractivity contribution in [3.05, 3.63) is 64.7 Å². The Kier molecular flexibility index (Phi) is 5.47. The minimum atomic E-state index is -0.0659. The summed E-state index contributed by atoms with van der Waals surface area (Å²) in [6.07, 6.45) is 7.21. The predicted molar refractivity (Wildman–Crippen MR) is 112 cm³/mol. The summed E-state index contributed by atoms with van der Waals surface area (Å²) in [6.45, 7) is 2.87. The zero-order valence-corrected chi connectivity index (χ0v) is 16.5. The summed E-state index contributed by atoms with van der Waals surface area (Å²) >= 11 is 0. The summed E-state index contributed by atoms with van der Waals surface area (Å²) in [6, 6.07) is 14.1. The van der Waals surface area contributed by atoms with Crippen molar-refractivity contribution in [3.8, 4) is 0 Å². The number of nitrogens with one attached hydrogen (secondary N) is 1. The number of carbonyl (C=O) groups is 2. The maximum Gasteiger partial charge on any atom is 0.251 e. The van der Waals surface area contributed by atoms with E-state index in [1.165, 1.54) is 36.0 Å². The van der Waals surface area contributed by atoms with E-state index in [-0.39, 0.29) is 17.9 Å². The molecule has 1 N–H and O–H groups in total. The van der Waals surface area contributed by atoms with Crippen LogP contribution in [0.2, 0.25) is 0 Å². The summed E-state index contributed by atoms with van der Waals surface area (Å²) in [5.41, 5.74) is 5.60. The molecule has 1 aliphatic carbocycles. The number of anilines is 1. The molecule has 1 heterocycles. The van der Waals surface area contributed by atoms with Crippen LogP contribution in [0, 0.1) is 0 Å². The Hall–Kier alpha value is -2.62. The van der Waals surface area contributed by atoms with Crippen molar-refractivity contribution in [1.29, 1.82) is 0 Å². The average Bonchev–Trinajstić information content (AvgIpc) is 3.17. The molecule has 28 heavy (non-hydrogen) atoms. The van der Waals surface area contributed by atoms with Gasteiger partial charge in [-0.05, 0) is 79.5 Å². The average molecular weight is 377 g/mol. The minimum absolute atomic E-state index is 0.0135. The van der Waals surface area contributed by atoms with E-state index in [0.29, 0.717) is 12.0 Å². The number of rotatable bonds is 5. The van der Waals surface area contributed by atoms with Crippen LogP contribution in [0.3, 0.4) is 0 Å². The maximum atomic E-state index is 12.8. The van der Waals surface area contributed by atoms with Crippen molar-refractivity contribution < 1.29 is 9.59 Å². The lowest BCUT2D eigenvalue weighted by Crippen LogP contribution is -2.28. The summed E-state index contributed by atoms with van der Waals surface area (Å²) in [5, 5.41) is 3.18. The maximum absolute atomic E-state index is 12.8. The Balaban J connectivity index is 1.46. The lowest BCUT2D eigenvalue weighted by atomic mass is 9.88.